The second-order valence-electron chi connectivity index (χ2n) is 6.88. The second kappa shape index (κ2) is 11.9. The molecule has 2 aromatic rings. The average Bonchev–Trinajstić information content (AvgIpc) is 2.80. The first-order chi connectivity index (χ1) is 15.5. The van der Waals surface area contributed by atoms with Gasteiger partial charge in [0.1, 0.15) is 12.4 Å². The van der Waals surface area contributed by atoms with Crippen molar-refractivity contribution in [1.82, 2.24) is 10.2 Å². The number of hydrogen-bond acceptors (Lipinski definition) is 6. The van der Waals surface area contributed by atoms with E-state index in [4.69, 9.17) is 26.4 Å². The summed E-state index contributed by atoms with van der Waals surface area (Å²) in [6.45, 7) is 3.16. The van der Waals surface area contributed by atoms with E-state index in [-0.39, 0.29) is 16.9 Å². The molecule has 0 radical (unpaired) electrons. The van der Waals surface area contributed by atoms with E-state index in [1.165, 1.54) is 0 Å². The lowest BCUT2D eigenvalue weighted by molar-refractivity contribution is 0.0303. The van der Waals surface area contributed by atoms with Crippen molar-refractivity contribution in [2.75, 3.05) is 51.9 Å². The molecular weight excluding hydrogens is 498 g/mol. The molecule has 1 saturated heterocycles. The molecule has 8 nitrogen and oxygen atoms in total. The number of hydrogen-bond donors (Lipinski definition) is 2. The predicted molar refractivity (Wildman–Crippen MR) is 128 cm³/mol. The first kappa shape index (κ1) is 24.1. The first-order valence-corrected chi connectivity index (χ1v) is 11.2. The molecule has 1 heterocycles. The molecule has 2 aromatic carbocycles. The molecule has 0 saturated carbocycles. The van der Waals surface area contributed by atoms with Crippen molar-refractivity contribution >= 4 is 50.8 Å². The van der Waals surface area contributed by atoms with Crippen LogP contribution in [0.5, 0.6) is 5.75 Å². The summed E-state index contributed by atoms with van der Waals surface area (Å²) >= 11 is 8.65. The highest BCUT2D eigenvalue weighted by Gasteiger charge is 2.18. The van der Waals surface area contributed by atoms with Crippen molar-refractivity contribution in [3.63, 3.8) is 0 Å². The quantitative estimate of drug-likeness (QED) is 0.427. The molecule has 1 aliphatic heterocycles. The molecule has 170 valence electrons. The number of thiocarbonyl (C=S) groups is 1. The second-order valence-corrected chi connectivity index (χ2v) is 8.14. The smallest absolute Gasteiger partial charge is 0.257 e. The standard InChI is InChI=1S/C22H24BrN3O5S/c1-29-12-13-31-19-7-4-16(14-18(19)23)20(27)25-22(32)24-17-5-2-15(3-6-17)21(28)26-8-10-30-11-9-26/h2-7,14H,8-13H2,1H3,(H2,24,25,27,32). The molecule has 10 heteroatoms. The van der Waals surface area contributed by atoms with Gasteiger partial charge < -0.3 is 24.4 Å². The Labute approximate surface area is 200 Å². The van der Waals surface area contributed by atoms with Crippen molar-refractivity contribution < 1.29 is 23.8 Å². The fourth-order valence-corrected chi connectivity index (χ4v) is 3.68. The molecule has 0 bridgehead atoms. The van der Waals surface area contributed by atoms with Crippen molar-refractivity contribution in [1.29, 1.82) is 0 Å². The van der Waals surface area contributed by atoms with Gasteiger partial charge in [0.2, 0.25) is 0 Å². The zero-order valence-corrected chi connectivity index (χ0v) is 20.0. The Bertz CT molecular complexity index is 965. The van der Waals surface area contributed by atoms with Crippen LogP contribution in [0, 0.1) is 0 Å². The maximum absolute atomic E-state index is 12.5. The Balaban J connectivity index is 1.53. The first-order valence-electron chi connectivity index (χ1n) is 9.98. The Kier molecular flexibility index (Phi) is 8.98. The molecule has 0 aliphatic carbocycles. The minimum atomic E-state index is -0.356. The highest BCUT2D eigenvalue weighted by atomic mass is 79.9. The lowest BCUT2D eigenvalue weighted by Crippen LogP contribution is -2.40. The van der Waals surface area contributed by atoms with Gasteiger partial charge in [-0.05, 0) is 70.6 Å². The number of nitrogens with one attached hydrogen (secondary N) is 2. The monoisotopic (exact) mass is 521 g/mol. The van der Waals surface area contributed by atoms with Crippen molar-refractivity contribution in [2.24, 2.45) is 0 Å². The minimum Gasteiger partial charge on any atom is -0.490 e. The van der Waals surface area contributed by atoms with Crippen LogP contribution >= 0.6 is 28.1 Å². The van der Waals surface area contributed by atoms with E-state index < -0.39 is 0 Å². The van der Waals surface area contributed by atoms with Crippen LogP contribution in [0.2, 0.25) is 0 Å². The SMILES string of the molecule is COCCOc1ccc(C(=O)NC(=S)Nc2ccc(C(=O)N3CCOCC3)cc2)cc1Br. The molecule has 2 amide bonds. The van der Waals surface area contributed by atoms with E-state index in [1.54, 1.807) is 54.5 Å². The molecule has 2 N–H and O–H groups in total. The van der Waals surface area contributed by atoms with Gasteiger partial charge in [0.15, 0.2) is 5.11 Å². The lowest BCUT2D eigenvalue weighted by atomic mass is 10.1. The molecule has 1 fully saturated rings. The largest absolute Gasteiger partial charge is 0.490 e. The summed E-state index contributed by atoms with van der Waals surface area (Å²) in [5, 5.41) is 5.75. The van der Waals surface area contributed by atoms with Crippen LogP contribution in [0.15, 0.2) is 46.9 Å². The van der Waals surface area contributed by atoms with Gasteiger partial charge in [-0.15, -0.1) is 0 Å². The Morgan fingerprint density at radius 1 is 1.09 bits per heavy atom. The summed E-state index contributed by atoms with van der Waals surface area (Å²) in [6.07, 6.45) is 0. The normalized spacial score (nSPS) is 13.4. The topological polar surface area (TPSA) is 89.1 Å². The maximum atomic E-state index is 12.5. The van der Waals surface area contributed by atoms with Crippen LogP contribution in [-0.4, -0.2) is 68.5 Å². The highest BCUT2D eigenvalue weighted by molar-refractivity contribution is 9.10. The number of nitrogens with zero attached hydrogens (tertiary/aromatic N) is 1. The van der Waals surface area contributed by atoms with Gasteiger partial charge in [-0.25, -0.2) is 0 Å². The van der Waals surface area contributed by atoms with Crippen LogP contribution in [0.4, 0.5) is 5.69 Å². The van der Waals surface area contributed by atoms with E-state index in [1.807, 2.05) is 0 Å². The number of benzene rings is 2. The number of ether oxygens (including phenoxy) is 3. The summed E-state index contributed by atoms with van der Waals surface area (Å²) in [7, 11) is 1.60. The van der Waals surface area contributed by atoms with Gasteiger partial charge in [-0.3, -0.25) is 14.9 Å². The van der Waals surface area contributed by atoms with Crippen LogP contribution in [0.25, 0.3) is 0 Å². The minimum absolute atomic E-state index is 0.0315. The van der Waals surface area contributed by atoms with Gasteiger partial charge in [0.05, 0.1) is 24.3 Å². The molecule has 32 heavy (non-hydrogen) atoms. The fourth-order valence-electron chi connectivity index (χ4n) is 2.98. The van der Waals surface area contributed by atoms with Gasteiger partial charge in [0, 0.05) is 37.0 Å². The zero-order valence-electron chi connectivity index (χ0n) is 17.6. The number of methoxy groups -OCH3 is 1. The van der Waals surface area contributed by atoms with E-state index in [0.717, 1.165) is 0 Å². The summed E-state index contributed by atoms with van der Waals surface area (Å²) in [5.74, 6) is 0.229. The summed E-state index contributed by atoms with van der Waals surface area (Å²) in [5.41, 5.74) is 1.67. The Morgan fingerprint density at radius 2 is 1.78 bits per heavy atom. The number of halogens is 1. The predicted octanol–water partition coefficient (Wildman–Crippen LogP) is 3.07. The van der Waals surface area contributed by atoms with E-state index in [9.17, 15) is 9.59 Å². The summed E-state index contributed by atoms with van der Waals surface area (Å²) in [6, 6.07) is 12.0. The number of morpholine rings is 1. The molecule has 0 atom stereocenters. The number of amides is 2. The van der Waals surface area contributed by atoms with Crippen LogP contribution < -0.4 is 15.4 Å². The number of rotatable bonds is 7. The van der Waals surface area contributed by atoms with Crippen LogP contribution in [0.3, 0.4) is 0 Å². The van der Waals surface area contributed by atoms with E-state index >= 15 is 0 Å². The third-order valence-corrected chi connectivity index (χ3v) is 5.48. The molecule has 0 aromatic heterocycles. The maximum Gasteiger partial charge on any atom is 0.257 e. The summed E-state index contributed by atoms with van der Waals surface area (Å²) < 4.78 is 16.4. The third kappa shape index (κ3) is 6.73. The molecule has 1 aliphatic rings. The van der Waals surface area contributed by atoms with Crippen molar-refractivity contribution in [2.45, 2.75) is 0 Å². The van der Waals surface area contributed by atoms with Crippen molar-refractivity contribution in [3.8, 4) is 5.75 Å². The number of carbonyl (C=O) groups excluding carboxylic acids is 2. The average molecular weight is 522 g/mol. The van der Waals surface area contributed by atoms with Gasteiger partial charge in [0.25, 0.3) is 11.8 Å². The molecular formula is C22H24BrN3O5S. The molecule has 0 unspecified atom stereocenters. The summed E-state index contributed by atoms with van der Waals surface area (Å²) in [4.78, 5) is 26.8. The number of carbonyl (C=O) groups is 2. The zero-order chi connectivity index (χ0) is 22.9. The molecule has 3 rings (SSSR count). The molecule has 0 spiro atoms. The van der Waals surface area contributed by atoms with Gasteiger partial charge in [-0.1, -0.05) is 0 Å². The Morgan fingerprint density at radius 3 is 2.44 bits per heavy atom. The van der Waals surface area contributed by atoms with Gasteiger partial charge >= 0.3 is 0 Å². The van der Waals surface area contributed by atoms with E-state index in [0.29, 0.717) is 66.6 Å². The highest BCUT2D eigenvalue weighted by Crippen LogP contribution is 2.26. The van der Waals surface area contributed by atoms with Crippen LogP contribution in [0.1, 0.15) is 20.7 Å². The Hall–Kier alpha value is -2.53. The lowest BCUT2D eigenvalue weighted by Gasteiger charge is -2.26. The van der Waals surface area contributed by atoms with Gasteiger partial charge in [-0.2, -0.15) is 0 Å². The van der Waals surface area contributed by atoms with E-state index in [2.05, 4.69) is 26.6 Å². The third-order valence-electron chi connectivity index (χ3n) is 4.65. The number of anilines is 1. The fraction of sp³-hybridized carbons (Fsp3) is 0.318. The van der Waals surface area contributed by atoms with Crippen LogP contribution in [-0.2, 0) is 9.47 Å². The van der Waals surface area contributed by atoms with Crippen molar-refractivity contribution in [3.05, 3.63) is 58.1 Å².